The standard InChI is InChI=1S/C14H13BrF3N3/c1-2-7-19-13-11(15)8-20-12(21-13)9-5-3-4-6-10(9)14(16,17)18/h3-6,8H,2,7H2,1H3,(H,19,20,21). The van der Waals surface area contributed by atoms with E-state index in [0.717, 1.165) is 12.5 Å². The fraction of sp³-hybridized carbons (Fsp3) is 0.286. The molecule has 0 unspecified atom stereocenters. The zero-order valence-corrected chi connectivity index (χ0v) is 12.8. The summed E-state index contributed by atoms with van der Waals surface area (Å²) >= 11 is 3.28. The average Bonchev–Trinajstić information content (AvgIpc) is 2.45. The van der Waals surface area contributed by atoms with Crippen molar-refractivity contribution in [3.63, 3.8) is 0 Å². The van der Waals surface area contributed by atoms with Crippen LogP contribution in [0.4, 0.5) is 19.0 Å². The van der Waals surface area contributed by atoms with E-state index in [1.807, 2.05) is 6.92 Å². The molecule has 0 fully saturated rings. The zero-order chi connectivity index (χ0) is 15.5. The lowest BCUT2D eigenvalue weighted by Crippen LogP contribution is -2.09. The maximum Gasteiger partial charge on any atom is 0.417 e. The van der Waals surface area contributed by atoms with E-state index >= 15 is 0 Å². The van der Waals surface area contributed by atoms with Gasteiger partial charge in [0, 0.05) is 18.3 Å². The Kier molecular flexibility index (Phi) is 4.82. The lowest BCUT2D eigenvalue weighted by Gasteiger charge is -2.13. The van der Waals surface area contributed by atoms with Gasteiger partial charge in [0.25, 0.3) is 0 Å². The van der Waals surface area contributed by atoms with Crippen LogP contribution in [0.3, 0.4) is 0 Å². The Morgan fingerprint density at radius 2 is 1.95 bits per heavy atom. The number of rotatable bonds is 4. The van der Waals surface area contributed by atoms with Crippen LogP contribution in [0.2, 0.25) is 0 Å². The number of halogens is 4. The van der Waals surface area contributed by atoms with Crippen LogP contribution in [0.25, 0.3) is 11.4 Å². The van der Waals surface area contributed by atoms with E-state index in [2.05, 4.69) is 31.2 Å². The number of anilines is 1. The molecule has 0 aliphatic carbocycles. The lowest BCUT2D eigenvalue weighted by atomic mass is 10.1. The third-order valence-corrected chi connectivity index (χ3v) is 3.34. The molecule has 112 valence electrons. The summed E-state index contributed by atoms with van der Waals surface area (Å²) in [6.07, 6.45) is -2.11. The monoisotopic (exact) mass is 359 g/mol. The number of hydrogen-bond donors (Lipinski definition) is 1. The fourth-order valence-corrected chi connectivity index (χ4v) is 2.12. The molecule has 0 saturated heterocycles. The summed E-state index contributed by atoms with van der Waals surface area (Å²) in [5, 5.41) is 3.05. The second-order valence-corrected chi connectivity index (χ2v) is 5.21. The van der Waals surface area contributed by atoms with Crippen LogP contribution >= 0.6 is 15.9 Å². The Labute approximate surface area is 128 Å². The van der Waals surface area contributed by atoms with Gasteiger partial charge in [0.05, 0.1) is 10.0 Å². The number of benzene rings is 1. The van der Waals surface area contributed by atoms with Gasteiger partial charge in [-0.1, -0.05) is 25.1 Å². The smallest absolute Gasteiger partial charge is 0.369 e. The Morgan fingerprint density at radius 1 is 1.24 bits per heavy atom. The fourth-order valence-electron chi connectivity index (χ4n) is 1.79. The highest BCUT2D eigenvalue weighted by atomic mass is 79.9. The maximum absolute atomic E-state index is 13.0. The predicted molar refractivity (Wildman–Crippen MR) is 79.0 cm³/mol. The average molecular weight is 360 g/mol. The van der Waals surface area contributed by atoms with Gasteiger partial charge in [-0.2, -0.15) is 13.2 Å². The third kappa shape index (κ3) is 3.72. The molecule has 0 radical (unpaired) electrons. The van der Waals surface area contributed by atoms with E-state index in [4.69, 9.17) is 0 Å². The first kappa shape index (κ1) is 15.8. The third-order valence-electron chi connectivity index (χ3n) is 2.76. The quantitative estimate of drug-likeness (QED) is 0.855. The molecule has 1 aromatic heterocycles. The minimum absolute atomic E-state index is 0.0305. The van der Waals surface area contributed by atoms with Gasteiger partial charge in [-0.15, -0.1) is 0 Å². The first-order valence-electron chi connectivity index (χ1n) is 6.36. The maximum atomic E-state index is 13.0. The molecule has 0 bridgehead atoms. The van der Waals surface area contributed by atoms with Crippen molar-refractivity contribution in [3.8, 4) is 11.4 Å². The number of aromatic nitrogens is 2. The van der Waals surface area contributed by atoms with Crippen molar-refractivity contribution in [2.75, 3.05) is 11.9 Å². The SMILES string of the molecule is CCCNc1nc(-c2ccccc2C(F)(F)F)ncc1Br. The lowest BCUT2D eigenvalue weighted by molar-refractivity contribution is -0.137. The van der Waals surface area contributed by atoms with Crippen molar-refractivity contribution in [3.05, 3.63) is 40.5 Å². The minimum atomic E-state index is -4.44. The molecule has 7 heteroatoms. The molecule has 0 aliphatic heterocycles. The van der Waals surface area contributed by atoms with E-state index in [1.54, 1.807) is 0 Å². The highest BCUT2D eigenvalue weighted by Crippen LogP contribution is 2.36. The molecular formula is C14H13BrF3N3. The number of nitrogens with one attached hydrogen (secondary N) is 1. The van der Waals surface area contributed by atoms with Gasteiger partial charge in [-0.3, -0.25) is 0 Å². The van der Waals surface area contributed by atoms with Crippen LogP contribution in [0.15, 0.2) is 34.9 Å². The van der Waals surface area contributed by atoms with Crippen molar-refractivity contribution in [1.82, 2.24) is 9.97 Å². The topological polar surface area (TPSA) is 37.8 Å². The van der Waals surface area contributed by atoms with Crippen LogP contribution in [0, 0.1) is 0 Å². The van der Waals surface area contributed by atoms with Gasteiger partial charge >= 0.3 is 6.18 Å². The molecule has 1 heterocycles. The van der Waals surface area contributed by atoms with Crippen LogP contribution in [0.5, 0.6) is 0 Å². The molecule has 0 atom stereocenters. The van der Waals surface area contributed by atoms with E-state index < -0.39 is 11.7 Å². The zero-order valence-electron chi connectivity index (χ0n) is 11.2. The van der Waals surface area contributed by atoms with Crippen molar-refractivity contribution >= 4 is 21.7 Å². The first-order chi connectivity index (χ1) is 9.93. The van der Waals surface area contributed by atoms with Crippen molar-refractivity contribution in [2.24, 2.45) is 0 Å². The Balaban J connectivity index is 2.48. The van der Waals surface area contributed by atoms with Crippen LogP contribution in [-0.4, -0.2) is 16.5 Å². The molecule has 1 N–H and O–H groups in total. The Hall–Kier alpha value is -1.63. The predicted octanol–water partition coefficient (Wildman–Crippen LogP) is 4.75. The second kappa shape index (κ2) is 6.43. The Morgan fingerprint density at radius 3 is 2.62 bits per heavy atom. The van der Waals surface area contributed by atoms with Gasteiger partial charge in [-0.25, -0.2) is 9.97 Å². The minimum Gasteiger partial charge on any atom is -0.369 e. The highest BCUT2D eigenvalue weighted by molar-refractivity contribution is 9.10. The van der Waals surface area contributed by atoms with Gasteiger partial charge in [0.15, 0.2) is 5.82 Å². The van der Waals surface area contributed by atoms with E-state index in [1.165, 1.54) is 24.4 Å². The second-order valence-electron chi connectivity index (χ2n) is 4.36. The van der Waals surface area contributed by atoms with Gasteiger partial charge in [0.2, 0.25) is 0 Å². The summed E-state index contributed by atoms with van der Waals surface area (Å²) in [4.78, 5) is 8.18. The molecular weight excluding hydrogens is 347 g/mol. The summed E-state index contributed by atoms with van der Waals surface area (Å²) in [5.74, 6) is 0.531. The number of hydrogen-bond acceptors (Lipinski definition) is 3. The number of nitrogens with zero attached hydrogens (tertiary/aromatic N) is 2. The highest BCUT2D eigenvalue weighted by Gasteiger charge is 2.34. The van der Waals surface area contributed by atoms with E-state index in [0.29, 0.717) is 16.8 Å². The Bertz CT molecular complexity index is 629. The molecule has 0 aliphatic rings. The molecule has 2 rings (SSSR count). The van der Waals surface area contributed by atoms with E-state index in [9.17, 15) is 13.2 Å². The van der Waals surface area contributed by atoms with E-state index in [-0.39, 0.29) is 11.4 Å². The normalized spacial score (nSPS) is 11.5. The number of alkyl halides is 3. The van der Waals surface area contributed by atoms with Gasteiger partial charge in [-0.05, 0) is 28.4 Å². The van der Waals surface area contributed by atoms with Crippen LogP contribution in [-0.2, 0) is 6.18 Å². The molecule has 3 nitrogen and oxygen atoms in total. The van der Waals surface area contributed by atoms with Gasteiger partial charge in [0.1, 0.15) is 5.82 Å². The molecule has 21 heavy (non-hydrogen) atoms. The summed E-state index contributed by atoms with van der Waals surface area (Å²) in [5.41, 5.74) is -0.772. The van der Waals surface area contributed by atoms with Crippen molar-refractivity contribution in [2.45, 2.75) is 19.5 Å². The molecule has 1 aromatic carbocycles. The molecule has 0 spiro atoms. The molecule has 0 amide bonds. The molecule has 2 aromatic rings. The van der Waals surface area contributed by atoms with Gasteiger partial charge < -0.3 is 5.32 Å². The van der Waals surface area contributed by atoms with Crippen LogP contribution < -0.4 is 5.32 Å². The van der Waals surface area contributed by atoms with Crippen LogP contribution in [0.1, 0.15) is 18.9 Å². The summed E-state index contributed by atoms with van der Waals surface area (Å²) in [6, 6.07) is 5.28. The summed E-state index contributed by atoms with van der Waals surface area (Å²) in [7, 11) is 0. The van der Waals surface area contributed by atoms with Crippen molar-refractivity contribution < 1.29 is 13.2 Å². The first-order valence-corrected chi connectivity index (χ1v) is 7.15. The van der Waals surface area contributed by atoms with Crippen molar-refractivity contribution in [1.29, 1.82) is 0 Å². The summed E-state index contributed by atoms with van der Waals surface area (Å²) in [6.45, 7) is 2.66. The largest absolute Gasteiger partial charge is 0.417 e. The molecule has 0 saturated carbocycles. The summed E-state index contributed by atoms with van der Waals surface area (Å²) < 4.78 is 39.7.